The van der Waals surface area contributed by atoms with E-state index >= 15 is 0 Å². The lowest BCUT2D eigenvalue weighted by molar-refractivity contribution is -0.117. The topological polar surface area (TPSA) is 84.0 Å². The van der Waals surface area contributed by atoms with Crippen LogP contribution in [0.2, 0.25) is 0 Å². The number of carbonyl (C=O) groups excluding carboxylic acids is 2. The Morgan fingerprint density at radius 1 is 1.26 bits per heavy atom. The summed E-state index contributed by atoms with van der Waals surface area (Å²) in [6, 6.07) is 7.12. The Morgan fingerprint density at radius 3 is 2.71 bits per heavy atom. The van der Waals surface area contributed by atoms with Gasteiger partial charge in [0.05, 0.1) is 19.8 Å². The van der Waals surface area contributed by atoms with Crippen LogP contribution in [0.3, 0.4) is 0 Å². The quantitative estimate of drug-likeness (QED) is 0.535. The third-order valence-corrected chi connectivity index (χ3v) is 5.65. The molecule has 9 heteroatoms. The summed E-state index contributed by atoms with van der Waals surface area (Å²) in [5, 5.41) is 5.08. The lowest BCUT2D eigenvalue weighted by Gasteiger charge is -2.30. The Labute approximate surface area is 187 Å². The maximum absolute atomic E-state index is 13.2. The van der Waals surface area contributed by atoms with E-state index in [0.29, 0.717) is 43.6 Å². The third-order valence-electron chi connectivity index (χ3n) is 4.96. The normalized spacial score (nSPS) is 14.2. The maximum Gasteiger partial charge on any atom is 0.254 e. The van der Waals surface area contributed by atoms with Crippen LogP contribution in [-0.4, -0.2) is 79.1 Å². The third kappa shape index (κ3) is 7.61. The van der Waals surface area contributed by atoms with Gasteiger partial charge in [-0.1, -0.05) is 13.3 Å². The van der Waals surface area contributed by atoms with Crippen molar-refractivity contribution in [3.63, 3.8) is 0 Å². The Kier molecular flexibility index (Phi) is 9.26. The molecule has 3 rings (SSSR count). The highest BCUT2D eigenvalue weighted by molar-refractivity contribution is 7.13. The zero-order valence-electron chi connectivity index (χ0n) is 17.9. The van der Waals surface area contributed by atoms with E-state index < -0.39 is 0 Å². The first-order chi connectivity index (χ1) is 15.2. The number of aromatic nitrogens is 1. The molecule has 1 N–H and O–H groups in total. The van der Waals surface area contributed by atoms with E-state index in [1.54, 1.807) is 40.7 Å². The molecule has 2 heterocycles. The standard InChI is InChI=1S/C22H30N4O4S/c1-2-3-13-30-19-6-4-18(5-7-19)21(28)26(10-9-25-11-14-29-15-12-25)17-20(27)24-22-23-8-16-31-22/h4-8,16H,2-3,9-15,17H2,1H3,(H,23,24,27). The van der Waals surface area contributed by atoms with Crippen LogP contribution in [0.1, 0.15) is 30.1 Å². The highest BCUT2D eigenvalue weighted by atomic mass is 32.1. The summed E-state index contributed by atoms with van der Waals surface area (Å²) in [4.78, 5) is 33.6. The van der Waals surface area contributed by atoms with Gasteiger partial charge in [0, 0.05) is 43.3 Å². The molecule has 8 nitrogen and oxygen atoms in total. The van der Waals surface area contributed by atoms with Crippen LogP contribution < -0.4 is 10.1 Å². The van der Waals surface area contributed by atoms with E-state index in [9.17, 15) is 9.59 Å². The van der Waals surface area contributed by atoms with Gasteiger partial charge in [-0.25, -0.2) is 4.98 Å². The number of nitrogens with zero attached hydrogens (tertiary/aromatic N) is 3. The van der Waals surface area contributed by atoms with Gasteiger partial charge in [-0.2, -0.15) is 0 Å². The van der Waals surface area contributed by atoms with Gasteiger partial charge in [0.2, 0.25) is 5.91 Å². The van der Waals surface area contributed by atoms with Gasteiger partial charge >= 0.3 is 0 Å². The second-order valence-corrected chi connectivity index (χ2v) is 8.19. The fourth-order valence-corrected chi connectivity index (χ4v) is 3.71. The Hall–Kier alpha value is -2.49. The molecule has 0 atom stereocenters. The zero-order chi connectivity index (χ0) is 21.9. The van der Waals surface area contributed by atoms with Crippen LogP contribution in [0.4, 0.5) is 5.13 Å². The van der Waals surface area contributed by atoms with Crippen molar-refractivity contribution in [3.05, 3.63) is 41.4 Å². The molecule has 0 aliphatic carbocycles. The van der Waals surface area contributed by atoms with Crippen molar-refractivity contribution in [2.24, 2.45) is 0 Å². The number of rotatable bonds is 11. The highest BCUT2D eigenvalue weighted by Gasteiger charge is 2.21. The average molecular weight is 447 g/mol. The summed E-state index contributed by atoms with van der Waals surface area (Å²) in [6.45, 7) is 6.94. The number of thiazole rings is 1. The van der Waals surface area contributed by atoms with E-state index in [1.165, 1.54) is 11.3 Å². The molecule has 1 aliphatic heterocycles. The minimum absolute atomic E-state index is 0.0303. The number of anilines is 1. The van der Waals surface area contributed by atoms with Crippen LogP contribution >= 0.6 is 11.3 Å². The highest BCUT2D eigenvalue weighted by Crippen LogP contribution is 2.15. The summed E-state index contributed by atoms with van der Waals surface area (Å²) in [5.74, 6) is 0.304. The SMILES string of the molecule is CCCCOc1ccc(C(=O)N(CCN2CCOCC2)CC(=O)Nc2nccs2)cc1. The van der Waals surface area contributed by atoms with Crippen molar-refractivity contribution in [1.82, 2.24) is 14.8 Å². The summed E-state index contributed by atoms with van der Waals surface area (Å²) in [5.41, 5.74) is 0.534. The second kappa shape index (κ2) is 12.4. The molecule has 0 spiro atoms. The number of benzene rings is 1. The predicted octanol–water partition coefficient (Wildman–Crippen LogP) is 2.74. The summed E-state index contributed by atoms with van der Waals surface area (Å²) >= 11 is 1.35. The molecule has 168 valence electrons. The fraction of sp³-hybridized carbons (Fsp3) is 0.500. The van der Waals surface area contributed by atoms with E-state index in [2.05, 4.69) is 22.1 Å². The van der Waals surface area contributed by atoms with Crippen LogP contribution in [-0.2, 0) is 9.53 Å². The van der Waals surface area contributed by atoms with Gasteiger partial charge in [0.25, 0.3) is 5.91 Å². The molecule has 0 radical (unpaired) electrons. The molecule has 0 bridgehead atoms. The Balaban J connectivity index is 1.63. The van der Waals surface area contributed by atoms with Crippen LogP contribution in [0.5, 0.6) is 5.75 Å². The molecule has 0 unspecified atom stereocenters. The first-order valence-corrected chi connectivity index (χ1v) is 11.5. The van der Waals surface area contributed by atoms with Crippen LogP contribution in [0, 0.1) is 0 Å². The minimum Gasteiger partial charge on any atom is -0.494 e. The number of hydrogen-bond donors (Lipinski definition) is 1. The molecule has 1 aromatic heterocycles. The number of nitrogens with one attached hydrogen (secondary N) is 1. The Bertz CT molecular complexity index is 807. The molecule has 31 heavy (non-hydrogen) atoms. The molecular weight excluding hydrogens is 416 g/mol. The predicted molar refractivity (Wildman–Crippen MR) is 121 cm³/mol. The molecule has 1 fully saturated rings. The van der Waals surface area contributed by atoms with Crippen molar-refractivity contribution in [1.29, 1.82) is 0 Å². The minimum atomic E-state index is -0.259. The van der Waals surface area contributed by atoms with Gasteiger partial charge in [0.1, 0.15) is 12.3 Å². The van der Waals surface area contributed by atoms with Crippen molar-refractivity contribution in [2.45, 2.75) is 19.8 Å². The van der Waals surface area contributed by atoms with Crippen molar-refractivity contribution >= 4 is 28.3 Å². The number of morpholine rings is 1. The zero-order valence-corrected chi connectivity index (χ0v) is 18.7. The first-order valence-electron chi connectivity index (χ1n) is 10.7. The summed E-state index contributed by atoms with van der Waals surface area (Å²) in [6.07, 6.45) is 3.69. The molecule has 2 amide bonds. The fourth-order valence-electron chi connectivity index (χ4n) is 3.17. The first kappa shape index (κ1) is 23.2. The smallest absolute Gasteiger partial charge is 0.254 e. The van der Waals surface area contributed by atoms with Gasteiger partial charge in [-0.15, -0.1) is 11.3 Å². The number of ether oxygens (including phenoxy) is 2. The maximum atomic E-state index is 13.2. The van der Waals surface area contributed by atoms with E-state index in [0.717, 1.165) is 31.7 Å². The summed E-state index contributed by atoms with van der Waals surface area (Å²) < 4.78 is 11.1. The monoisotopic (exact) mass is 446 g/mol. The van der Waals surface area contributed by atoms with E-state index in [4.69, 9.17) is 9.47 Å². The Morgan fingerprint density at radius 2 is 2.03 bits per heavy atom. The molecule has 1 aliphatic rings. The molecule has 1 saturated heterocycles. The number of amides is 2. The van der Waals surface area contributed by atoms with Crippen molar-refractivity contribution in [2.75, 3.05) is 57.9 Å². The summed E-state index contributed by atoms with van der Waals surface area (Å²) in [7, 11) is 0. The van der Waals surface area contributed by atoms with Crippen LogP contribution in [0.15, 0.2) is 35.8 Å². The van der Waals surface area contributed by atoms with Gasteiger partial charge in [-0.05, 0) is 30.7 Å². The molecule has 2 aromatic rings. The largest absolute Gasteiger partial charge is 0.494 e. The van der Waals surface area contributed by atoms with Crippen LogP contribution in [0.25, 0.3) is 0 Å². The lowest BCUT2D eigenvalue weighted by Crippen LogP contribution is -2.45. The van der Waals surface area contributed by atoms with Gasteiger partial charge in [-0.3, -0.25) is 14.5 Å². The van der Waals surface area contributed by atoms with Crippen molar-refractivity contribution in [3.8, 4) is 5.75 Å². The van der Waals surface area contributed by atoms with Gasteiger partial charge in [0.15, 0.2) is 5.13 Å². The molecule has 1 aromatic carbocycles. The number of unbranched alkanes of at least 4 members (excludes halogenated alkanes) is 1. The number of carbonyl (C=O) groups is 2. The molecule has 0 saturated carbocycles. The van der Waals surface area contributed by atoms with E-state index in [-0.39, 0.29) is 18.4 Å². The van der Waals surface area contributed by atoms with Gasteiger partial charge < -0.3 is 19.7 Å². The average Bonchev–Trinajstić information content (AvgIpc) is 3.30. The lowest BCUT2D eigenvalue weighted by atomic mass is 10.2. The van der Waals surface area contributed by atoms with E-state index in [1.807, 2.05) is 0 Å². The second-order valence-electron chi connectivity index (χ2n) is 7.29. The van der Waals surface area contributed by atoms with Crippen molar-refractivity contribution < 1.29 is 19.1 Å². The number of hydrogen-bond acceptors (Lipinski definition) is 7. The molecular formula is C22H30N4O4S.